The van der Waals surface area contributed by atoms with Crippen molar-refractivity contribution in [3.63, 3.8) is 0 Å². The molecule has 0 aliphatic carbocycles. The predicted molar refractivity (Wildman–Crippen MR) is 81.9 cm³/mol. The molecular weight excluding hydrogens is 284 g/mol. The summed E-state index contributed by atoms with van der Waals surface area (Å²) in [4.78, 5) is 25.5. The zero-order valence-corrected chi connectivity index (χ0v) is 13.0. The Morgan fingerprint density at radius 3 is 2.45 bits per heavy atom. The quantitative estimate of drug-likeness (QED) is 0.883. The van der Waals surface area contributed by atoms with E-state index in [1.54, 1.807) is 29.2 Å². The Bertz CT molecular complexity index is 507. The second-order valence-electron chi connectivity index (χ2n) is 5.44. The van der Waals surface area contributed by atoms with E-state index < -0.39 is 0 Å². The zero-order valence-electron chi connectivity index (χ0n) is 13.0. The molecule has 0 bridgehead atoms. The first kappa shape index (κ1) is 16.3. The Kier molecular flexibility index (Phi) is 5.77. The fraction of sp³-hybridized carbons (Fsp3) is 0.500. The van der Waals surface area contributed by atoms with Crippen LogP contribution < -0.4 is 10.1 Å². The number of benzene rings is 1. The van der Waals surface area contributed by atoms with Gasteiger partial charge in [0.1, 0.15) is 5.75 Å². The summed E-state index contributed by atoms with van der Waals surface area (Å²) in [6.07, 6.45) is 0. The number of nitrogens with one attached hydrogen (secondary N) is 1. The summed E-state index contributed by atoms with van der Waals surface area (Å²) in [6.45, 7) is 6.15. The van der Waals surface area contributed by atoms with Gasteiger partial charge in [-0.1, -0.05) is 0 Å². The molecule has 1 aromatic rings. The van der Waals surface area contributed by atoms with E-state index in [-0.39, 0.29) is 24.5 Å². The van der Waals surface area contributed by atoms with E-state index >= 15 is 0 Å². The van der Waals surface area contributed by atoms with Crippen LogP contribution in [0.5, 0.6) is 5.75 Å². The normalized spacial score (nSPS) is 14.8. The van der Waals surface area contributed by atoms with Gasteiger partial charge in [-0.3, -0.25) is 9.59 Å². The van der Waals surface area contributed by atoms with Gasteiger partial charge < -0.3 is 19.7 Å². The lowest BCUT2D eigenvalue weighted by molar-refractivity contribution is -0.123. The molecule has 1 N–H and O–H groups in total. The average molecular weight is 306 g/mol. The van der Waals surface area contributed by atoms with E-state index in [2.05, 4.69) is 5.32 Å². The molecule has 2 rings (SSSR count). The van der Waals surface area contributed by atoms with Gasteiger partial charge in [-0.15, -0.1) is 0 Å². The van der Waals surface area contributed by atoms with Gasteiger partial charge in [0.2, 0.25) is 0 Å². The maximum Gasteiger partial charge on any atom is 0.258 e. The maximum absolute atomic E-state index is 12.3. The third kappa shape index (κ3) is 4.73. The predicted octanol–water partition coefficient (Wildman–Crippen LogP) is 1.06. The van der Waals surface area contributed by atoms with E-state index in [1.807, 2.05) is 13.8 Å². The van der Waals surface area contributed by atoms with Gasteiger partial charge in [0.25, 0.3) is 11.8 Å². The maximum atomic E-state index is 12.3. The van der Waals surface area contributed by atoms with E-state index in [1.165, 1.54) is 0 Å². The van der Waals surface area contributed by atoms with Crippen molar-refractivity contribution in [2.45, 2.75) is 19.9 Å². The Balaban J connectivity index is 1.87. The van der Waals surface area contributed by atoms with Gasteiger partial charge in [-0.25, -0.2) is 0 Å². The second-order valence-corrected chi connectivity index (χ2v) is 5.44. The van der Waals surface area contributed by atoms with Crippen LogP contribution in [0.1, 0.15) is 24.2 Å². The first-order valence-electron chi connectivity index (χ1n) is 7.45. The highest BCUT2D eigenvalue weighted by molar-refractivity contribution is 5.94. The van der Waals surface area contributed by atoms with Crippen LogP contribution in [0.3, 0.4) is 0 Å². The first-order valence-corrected chi connectivity index (χ1v) is 7.45. The van der Waals surface area contributed by atoms with Crippen LogP contribution in [0, 0.1) is 0 Å². The number of hydrogen-bond acceptors (Lipinski definition) is 4. The molecule has 0 aromatic heterocycles. The van der Waals surface area contributed by atoms with Crippen LogP contribution in [0.4, 0.5) is 0 Å². The van der Waals surface area contributed by atoms with Crippen molar-refractivity contribution >= 4 is 11.8 Å². The van der Waals surface area contributed by atoms with Gasteiger partial charge in [0.15, 0.2) is 6.61 Å². The molecule has 1 aliphatic heterocycles. The largest absolute Gasteiger partial charge is 0.484 e. The molecule has 1 fully saturated rings. The first-order chi connectivity index (χ1) is 10.6. The number of amides is 2. The fourth-order valence-corrected chi connectivity index (χ4v) is 2.16. The lowest BCUT2D eigenvalue weighted by Gasteiger charge is -2.26. The highest BCUT2D eigenvalue weighted by Gasteiger charge is 2.18. The van der Waals surface area contributed by atoms with Crippen molar-refractivity contribution in [3.05, 3.63) is 29.8 Å². The third-order valence-corrected chi connectivity index (χ3v) is 3.22. The SMILES string of the molecule is CC(C)NC(=O)COc1ccc(C(=O)N2CCOCC2)cc1. The van der Waals surface area contributed by atoms with Gasteiger partial charge >= 0.3 is 0 Å². The van der Waals surface area contributed by atoms with E-state index in [0.717, 1.165) is 0 Å². The van der Waals surface area contributed by atoms with E-state index in [0.29, 0.717) is 37.6 Å². The molecular formula is C16H22N2O4. The standard InChI is InChI=1S/C16H22N2O4/c1-12(2)17-15(19)11-22-14-5-3-13(4-6-14)16(20)18-7-9-21-10-8-18/h3-6,12H,7-11H2,1-2H3,(H,17,19). The summed E-state index contributed by atoms with van der Waals surface area (Å²) in [6, 6.07) is 6.93. The van der Waals surface area contributed by atoms with Crippen LogP contribution in [0.2, 0.25) is 0 Å². The highest BCUT2D eigenvalue weighted by Crippen LogP contribution is 2.14. The number of ether oxygens (including phenoxy) is 2. The Morgan fingerprint density at radius 2 is 1.86 bits per heavy atom. The van der Waals surface area contributed by atoms with Crippen LogP contribution >= 0.6 is 0 Å². The molecule has 2 amide bonds. The van der Waals surface area contributed by atoms with Crippen molar-refractivity contribution in [2.24, 2.45) is 0 Å². The number of rotatable bonds is 5. The number of carbonyl (C=O) groups is 2. The molecule has 1 aliphatic rings. The van der Waals surface area contributed by atoms with E-state index in [9.17, 15) is 9.59 Å². The Morgan fingerprint density at radius 1 is 1.23 bits per heavy atom. The number of carbonyl (C=O) groups excluding carboxylic acids is 2. The summed E-state index contributed by atoms with van der Waals surface area (Å²) in [5.41, 5.74) is 0.612. The molecule has 1 aromatic carbocycles. The lowest BCUT2D eigenvalue weighted by Crippen LogP contribution is -2.40. The number of morpholine rings is 1. The molecule has 1 saturated heterocycles. The highest BCUT2D eigenvalue weighted by atomic mass is 16.5. The summed E-state index contributed by atoms with van der Waals surface area (Å²) in [7, 11) is 0. The second kappa shape index (κ2) is 7.79. The van der Waals surface area contributed by atoms with Crippen molar-refractivity contribution in [1.82, 2.24) is 10.2 Å². The molecule has 0 spiro atoms. The average Bonchev–Trinajstić information content (AvgIpc) is 2.53. The molecule has 0 unspecified atom stereocenters. The van der Waals surface area contributed by atoms with Gasteiger partial charge in [-0.2, -0.15) is 0 Å². The van der Waals surface area contributed by atoms with Crippen molar-refractivity contribution in [3.8, 4) is 5.75 Å². The molecule has 22 heavy (non-hydrogen) atoms. The Hall–Kier alpha value is -2.08. The van der Waals surface area contributed by atoms with Crippen LogP contribution in [0.15, 0.2) is 24.3 Å². The molecule has 120 valence electrons. The molecule has 6 nitrogen and oxygen atoms in total. The monoisotopic (exact) mass is 306 g/mol. The minimum Gasteiger partial charge on any atom is -0.484 e. The fourth-order valence-electron chi connectivity index (χ4n) is 2.16. The summed E-state index contributed by atoms with van der Waals surface area (Å²) in [5, 5.41) is 2.75. The zero-order chi connectivity index (χ0) is 15.9. The summed E-state index contributed by atoms with van der Waals surface area (Å²) in [5.74, 6) is 0.397. The number of nitrogens with zero attached hydrogens (tertiary/aromatic N) is 1. The molecule has 0 saturated carbocycles. The molecule has 0 atom stereocenters. The van der Waals surface area contributed by atoms with Gasteiger partial charge in [0.05, 0.1) is 13.2 Å². The molecule has 0 radical (unpaired) electrons. The summed E-state index contributed by atoms with van der Waals surface area (Å²) >= 11 is 0. The third-order valence-electron chi connectivity index (χ3n) is 3.22. The van der Waals surface area contributed by atoms with Crippen molar-refractivity contribution < 1.29 is 19.1 Å². The van der Waals surface area contributed by atoms with Gasteiger partial charge in [0, 0.05) is 24.7 Å². The lowest BCUT2D eigenvalue weighted by atomic mass is 10.2. The van der Waals surface area contributed by atoms with Crippen molar-refractivity contribution in [1.29, 1.82) is 0 Å². The van der Waals surface area contributed by atoms with Crippen LogP contribution in [-0.4, -0.2) is 55.7 Å². The van der Waals surface area contributed by atoms with Crippen LogP contribution in [0.25, 0.3) is 0 Å². The Labute approximate surface area is 130 Å². The van der Waals surface area contributed by atoms with Crippen molar-refractivity contribution in [2.75, 3.05) is 32.9 Å². The number of hydrogen-bond donors (Lipinski definition) is 1. The molecule has 1 heterocycles. The van der Waals surface area contributed by atoms with Gasteiger partial charge in [-0.05, 0) is 38.1 Å². The topological polar surface area (TPSA) is 67.9 Å². The smallest absolute Gasteiger partial charge is 0.258 e. The molecule has 6 heteroatoms. The summed E-state index contributed by atoms with van der Waals surface area (Å²) < 4.78 is 10.6. The van der Waals surface area contributed by atoms with E-state index in [4.69, 9.17) is 9.47 Å². The van der Waals surface area contributed by atoms with Crippen LogP contribution in [-0.2, 0) is 9.53 Å². The minimum absolute atomic E-state index is 0.00704. The minimum atomic E-state index is -0.163.